The highest BCUT2D eigenvalue weighted by atomic mass is 32.2. The molecule has 1 aromatic rings. The average Bonchev–Trinajstić information content (AvgIpc) is 2.67. The Bertz CT molecular complexity index is 628. The molecule has 0 radical (unpaired) electrons. The van der Waals surface area contributed by atoms with Crippen LogP contribution in [0.15, 0.2) is 33.6 Å². The standard InChI is InChI=1S/C13H16N2O4S/c16-15(17)12-9-5-6-10-13(12)20(18,19)14-11-7-3-1-2-4-8-11/h5-6,9-10H,1-4,7-8H2. The quantitative estimate of drug-likeness (QED) is 0.487. The van der Waals surface area contributed by atoms with Gasteiger partial charge in [-0.3, -0.25) is 10.1 Å². The third kappa shape index (κ3) is 3.41. The fraction of sp³-hybridized carbons (Fsp3) is 0.462. The Morgan fingerprint density at radius 3 is 2.25 bits per heavy atom. The highest BCUT2D eigenvalue weighted by Crippen LogP contribution is 2.26. The van der Waals surface area contributed by atoms with E-state index in [1.165, 1.54) is 24.3 Å². The fourth-order valence-corrected chi connectivity index (χ4v) is 3.55. The minimum atomic E-state index is -4.01. The molecular weight excluding hydrogens is 280 g/mol. The second-order valence-electron chi connectivity index (χ2n) is 4.77. The van der Waals surface area contributed by atoms with Gasteiger partial charge in [0, 0.05) is 11.8 Å². The van der Waals surface area contributed by atoms with Crippen LogP contribution in [0.25, 0.3) is 0 Å². The van der Waals surface area contributed by atoms with Crippen molar-refractivity contribution in [3.63, 3.8) is 0 Å². The molecule has 1 aliphatic rings. The minimum absolute atomic E-state index is 0.332. The van der Waals surface area contributed by atoms with Gasteiger partial charge in [-0.1, -0.05) is 25.0 Å². The third-order valence-corrected chi connectivity index (χ3v) is 4.67. The van der Waals surface area contributed by atoms with Crippen molar-refractivity contribution in [3.05, 3.63) is 34.4 Å². The molecule has 6 nitrogen and oxygen atoms in total. The maximum atomic E-state index is 12.2. The number of benzene rings is 1. The summed E-state index contributed by atoms with van der Waals surface area (Å²) in [7, 11) is -4.01. The van der Waals surface area contributed by atoms with Gasteiger partial charge in [0.1, 0.15) is 0 Å². The zero-order valence-electron chi connectivity index (χ0n) is 11.0. The van der Waals surface area contributed by atoms with Crippen LogP contribution >= 0.6 is 0 Å². The van der Waals surface area contributed by atoms with Crippen LogP contribution in [-0.4, -0.2) is 19.1 Å². The molecule has 0 heterocycles. The summed E-state index contributed by atoms with van der Waals surface area (Å²) >= 11 is 0. The molecular formula is C13H16N2O4S. The van der Waals surface area contributed by atoms with Gasteiger partial charge >= 0.3 is 0 Å². The zero-order valence-corrected chi connectivity index (χ0v) is 11.8. The van der Waals surface area contributed by atoms with Crippen molar-refractivity contribution in [2.45, 2.75) is 43.4 Å². The van der Waals surface area contributed by atoms with Crippen molar-refractivity contribution in [3.8, 4) is 0 Å². The fourth-order valence-electron chi connectivity index (χ4n) is 2.27. The SMILES string of the molecule is O=[N+]([O-])c1ccccc1S(=O)(=O)N=C1CCCCCC1. The third-order valence-electron chi connectivity index (χ3n) is 3.27. The summed E-state index contributed by atoms with van der Waals surface area (Å²) in [5.74, 6) is 0. The topological polar surface area (TPSA) is 89.6 Å². The highest BCUT2D eigenvalue weighted by molar-refractivity contribution is 7.90. The largest absolute Gasteiger partial charge is 0.289 e. The van der Waals surface area contributed by atoms with Crippen LogP contribution in [0.3, 0.4) is 0 Å². The van der Waals surface area contributed by atoms with E-state index in [2.05, 4.69) is 4.40 Å². The second-order valence-corrected chi connectivity index (χ2v) is 6.34. The molecule has 0 N–H and O–H groups in total. The van der Waals surface area contributed by atoms with E-state index in [0.717, 1.165) is 25.7 Å². The summed E-state index contributed by atoms with van der Waals surface area (Å²) in [5.41, 5.74) is 0.200. The predicted octanol–water partition coefficient (Wildman–Crippen LogP) is 3.08. The number of nitrogens with zero attached hydrogens (tertiary/aromatic N) is 2. The molecule has 2 rings (SSSR count). The molecule has 0 saturated heterocycles. The summed E-state index contributed by atoms with van der Waals surface area (Å²) < 4.78 is 28.3. The lowest BCUT2D eigenvalue weighted by molar-refractivity contribution is -0.387. The van der Waals surface area contributed by atoms with Crippen molar-refractivity contribution in [1.82, 2.24) is 0 Å². The molecule has 1 fully saturated rings. The van der Waals surface area contributed by atoms with Gasteiger partial charge in [0.15, 0.2) is 4.90 Å². The van der Waals surface area contributed by atoms with Crippen molar-refractivity contribution >= 4 is 21.4 Å². The van der Waals surface area contributed by atoms with Gasteiger partial charge in [0.25, 0.3) is 15.7 Å². The van der Waals surface area contributed by atoms with Crippen LogP contribution in [0.5, 0.6) is 0 Å². The first kappa shape index (κ1) is 14.6. The maximum absolute atomic E-state index is 12.2. The average molecular weight is 296 g/mol. The lowest BCUT2D eigenvalue weighted by Crippen LogP contribution is -2.06. The molecule has 0 amide bonds. The Balaban J connectivity index is 2.40. The number of hydrogen-bond acceptors (Lipinski definition) is 4. The normalized spacial score (nSPS) is 16.5. The number of nitro benzene ring substituents is 1. The summed E-state index contributed by atoms with van der Waals surface area (Å²) in [6.07, 6.45) is 5.30. The van der Waals surface area contributed by atoms with E-state index in [4.69, 9.17) is 0 Å². The molecule has 0 unspecified atom stereocenters. The van der Waals surface area contributed by atoms with Crippen molar-refractivity contribution in [1.29, 1.82) is 0 Å². The van der Waals surface area contributed by atoms with E-state index in [0.29, 0.717) is 18.6 Å². The Hall–Kier alpha value is -1.76. The smallest absolute Gasteiger partial charge is 0.258 e. The number of nitro groups is 1. The van der Waals surface area contributed by atoms with E-state index in [1.807, 2.05) is 0 Å². The molecule has 20 heavy (non-hydrogen) atoms. The Morgan fingerprint density at radius 2 is 1.65 bits per heavy atom. The number of rotatable bonds is 3. The number of para-hydroxylation sites is 1. The van der Waals surface area contributed by atoms with Gasteiger partial charge in [-0.05, 0) is 31.7 Å². The first-order valence-corrected chi connectivity index (χ1v) is 8.01. The summed E-state index contributed by atoms with van der Waals surface area (Å²) in [6.45, 7) is 0. The summed E-state index contributed by atoms with van der Waals surface area (Å²) in [6, 6.07) is 5.32. The van der Waals surface area contributed by atoms with Crippen LogP contribution in [-0.2, 0) is 10.0 Å². The molecule has 1 aromatic carbocycles. The van der Waals surface area contributed by atoms with Gasteiger partial charge < -0.3 is 0 Å². The first-order chi connectivity index (χ1) is 9.50. The van der Waals surface area contributed by atoms with Crippen LogP contribution in [0.1, 0.15) is 38.5 Å². The summed E-state index contributed by atoms with van der Waals surface area (Å²) in [4.78, 5) is 9.88. The predicted molar refractivity (Wildman–Crippen MR) is 75.4 cm³/mol. The monoisotopic (exact) mass is 296 g/mol. The Labute approximate surface area is 117 Å². The van der Waals surface area contributed by atoms with Crippen molar-refractivity contribution < 1.29 is 13.3 Å². The van der Waals surface area contributed by atoms with Gasteiger partial charge in [-0.2, -0.15) is 12.8 Å². The van der Waals surface area contributed by atoms with Crippen molar-refractivity contribution in [2.24, 2.45) is 4.40 Å². The van der Waals surface area contributed by atoms with Gasteiger partial charge in [-0.25, -0.2) is 0 Å². The molecule has 0 spiro atoms. The van der Waals surface area contributed by atoms with Crippen LogP contribution in [0, 0.1) is 10.1 Å². The lowest BCUT2D eigenvalue weighted by Gasteiger charge is -2.04. The molecule has 108 valence electrons. The van der Waals surface area contributed by atoms with Gasteiger partial charge in [0.05, 0.1) is 4.92 Å². The van der Waals surface area contributed by atoms with E-state index >= 15 is 0 Å². The highest BCUT2D eigenvalue weighted by Gasteiger charge is 2.25. The van der Waals surface area contributed by atoms with Gasteiger partial charge in [0.2, 0.25) is 0 Å². The van der Waals surface area contributed by atoms with Crippen molar-refractivity contribution in [2.75, 3.05) is 0 Å². The van der Waals surface area contributed by atoms with Crippen LogP contribution in [0.4, 0.5) is 5.69 Å². The summed E-state index contributed by atoms with van der Waals surface area (Å²) in [5, 5.41) is 10.9. The lowest BCUT2D eigenvalue weighted by atomic mass is 10.2. The van der Waals surface area contributed by atoms with Gasteiger partial charge in [-0.15, -0.1) is 0 Å². The van der Waals surface area contributed by atoms with E-state index in [9.17, 15) is 18.5 Å². The molecule has 1 saturated carbocycles. The minimum Gasteiger partial charge on any atom is -0.258 e. The van der Waals surface area contributed by atoms with Crippen LogP contribution < -0.4 is 0 Å². The first-order valence-electron chi connectivity index (χ1n) is 6.57. The number of hydrogen-bond donors (Lipinski definition) is 0. The molecule has 0 atom stereocenters. The Morgan fingerprint density at radius 1 is 1.05 bits per heavy atom. The Kier molecular flexibility index (Phi) is 4.49. The molecule has 1 aliphatic carbocycles. The molecule has 0 bridgehead atoms. The van der Waals surface area contributed by atoms with Crippen LogP contribution in [0.2, 0.25) is 0 Å². The van der Waals surface area contributed by atoms with E-state index in [-0.39, 0.29) is 4.90 Å². The maximum Gasteiger partial charge on any atom is 0.289 e. The molecule has 0 aliphatic heterocycles. The zero-order chi connectivity index (χ0) is 14.6. The second kappa shape index (κ2) is 6.13. The van der Waals surface area contributed by atoms with E-state index in [1.54, 1.807) is 0 Å². The van der Waals surface area contributed by atoms with E-state index < -0.39 is 20.6 Å². The molecule has 0 aromatic heterocycles. The number of sulfonamides is 1. The molecule has 7 heteroatoms.